The van der Waals surface area contributed by atoms with Gasteiger partial charge in [-0.1, -0.05) is 35.1 Å². The second-order valence-corrected chi connectivity index (χ2v) is 10.1. The fourth-order valence-electron chi connectivity index (χ4n) is 5.25. The van der Waals surface area contributed by atoms with E-state index in [2.05, 4.69) is 53.0 Å². The van der Waals surface area contributed by atoms with Crippen molar-refractivity contribution in [1.82, 2.24) is 30.0 Å². The number of fused-ring (bicyclic) bond motifs is 2. The Morgan fingerprint density at radius 1 is 0.912 bits per heavy atom. The zero-order valence-corrected chi connectivity index (χ0v) is 20.5. The van der Waals surface area contributed by atoms with Crippen molar-refractivity contribution in [3.05, 3.63) is 17.7 Å². The lowest BCUT2D eigenvalue weighted by Crippen LogP contribution is -2.48. The molecular formula is C27H56N6O. The summed E-state index contributed by atoms with van der Waals surface area (Å²) in [5, 5.41) is 2.71. The number of likely N-dealkylation sites (tertiary alicyclic amines) is 1. The lowest BCUT2D eigenvalue weighted by molar-refractivity contribution is 0.0447. The van der Waals surface area contributed by atoms with Crippen molar-refractivity contribution in [1.29, 1.82) is 0 Å². The van der Waals surface area contributed by atoms with Crippen LogP contribution in [0.15, 0.2) is 6.33 Å². The number of hydrogen-bond acceptors (Lipinski definition) is 4. The first-order valence-electron chi connectivity index (χ1n) is 12.2. The number of nitrogens with zero attached hydrogens (tertiary/aromatic N) is 4. The van der Waals surface area contributed by atoms with Gasteiger partial charge in [0.05, 0.1) is 17.7 Å². The van der Waals surface area contributed by atoms with Crippen LogP contribution in [0.1, 0.15) is 93.0 Å². The van der Waals surface area contributed by atoms with Gasteiger partial charge in [-0.15, -0.1) is 0 Å². The van der Waals surface area contributed by atoms with E-state index in [1.807, 2.05) is 6.92 Å². The molecule has 1 aromatic heterocycles. The van der Waals surface area contributed by atoms with Crippen LogP contribution >= 0.6 is 0 Å². The zero-order valence-electron chi connectivity index (χ0n) is 20.5. The molecule has 7 heteroatoms. The third kappa shape index (κ3) is 7.98. The Hall–Kier alpha value is -1.60. The number of rotatable bonds is 0. The number of nitrogens with one attached hydrogen (secondary N) is 2. The number of urea groups is 1. The highest BCUT2D eigenvalue weighted by Crippen LogP contribution is 2.36. The van der Waals surface area contributed by atoms with Crippen molar-refractivity contribution < 1.29 is 4.79 Å². The van der Waals surface area contributed by atoms with Crippen molar-refractivity contribution in [3.63, 3.8) is 0 Å². The molecule has 4 heterocycles. The summed E-state index contributed by atoms with van der Waals surface area (Å²) in [6.07, 6.45) is 11.7. The van der Waals surface area contributed by atoms with Gasteiger partial charge < -0.3 is 20.1 Å². The van der Waals surface area contributed by atoms with Gasteiger partial charge in [-0.05, 0) is 66.5 Å². The highest BCUT2D eigenvalue weighted by molar-refractivity contribution is 5.76. The predicted octanol–water partition coefficient (Wildman–Crippen LogP) is 5.38. The largest absolute Gasteiger partial charge is 0.347 e. The average molecular weight is 481 g/mol. The van der Waals surface area contributed by atoms with Crippen LogP contribution in [0, 0.1) is 5.92 Å². The van der Waals surface area contributed by atoms with Gasteiger partial charge in [0, 0.05) is 50.7 Å². The minimum atomic E-state index is 0. The molecule has 2 N–H and O–H groups in total. The van der Waals surface area contributed by atoms with Gasteiger partial charge in [0.15, 0.2) is 0 Å². The quantitative estimate of drug-likeness (QED) is 0.523. The Morgan fingerprint density at radius 2 is 1.59 bits per heavy atom. The number of carbonyl (C=O) groups is 1. The van der Waals surface area contributed by atoms with Gasteiger partial charge in [0.1, 0.15) is 0 Å². The number of aromatic nitrogens is 2. The Bertz CT molecular complexity index is 681. The summed E-state index contributed by atoms with van der Waals surface area (Å²) < 4.78 is 0. The van der Waals surface area contributed by atoms with Crippen molar-refractivity contribution >= 4 is 6.03 Å². The van der Waals surface area contributed by atoms with Gasteiger partial charge in [-0.3, -0.25) is 4.90 Å². The van der Waals surface area contributed by atoms with Crippen LogP contribution in [0.5, 0.6) is 0 Å². The van der Waals surface area contributed by atoms with E-state index in [0.29, 0.717) is 12.1 Å². The maximum atomic E-state index is 10.6. The highest BCUT2D eigenvalue weighted by Gasteiger charge is 2.34. The van der Waals surface area contributed by atoms with Crippen LogP contribution in [-0.2, 0) is 13.0 Å². The van der Waals surface area contributed by atoms with E-state index < -0.39 is 0 Å². The summed E-state index contributed by atoms with van der Waals surface area (Å²) >= 11 is 0. The molecule has 34 heavy (non-hydrogen) atoms. The molecule has 5 unspecified atom stereocenters. The molecule has 3 aliphatic heterocycles. The summed E-state index contributed by atoms with van der Waals surface area (Å²) in [5.74, 6) is 1.04. The van der Waals surface area contributed by atoms with E-state index in [1.165, 1.54) is 49.9 Å². The molecule has 1 saturated carbocycles. The molecule has 1 aromatic rings. The van der Waals surface area contributed by atoms with Crippen molar-refractivity contribution in [2.45, 2.75) is 119 Å². The Balaban J connectivity index is 0.000000469. The molecule has 3 fully saturated rings. The van der Waals surface area contributed by atoms with Gasteiger partial charge in [0.25, 0.3) is 0 Å². The van der Waals surface area contributed by atoms with E-state index in [1.54, 1.807) is 18.3 Å². The summed E-state index contributed by atoms with van der Waals surface area (Å²) in [6, 6.07) is 2.80. The average Bonchev–Trinajstić information content (AvgIpc) is 3.33. The van der Waals surface area contributed by atoms with Crippen molar-refractivity contribution in [2.75, 3.05) is 27.7 Å². The first-order valence-corrected chi connectivity index (χ1v) is 12.2. The number of hydrogen-bond donors (Lipinski definition) is 2. The van der Waals surface area contributed by atoms with Gasteiger partial charge in [-0.2, -0.15) is 0 Å². The highest BCUT2D eigenvalue weighted by atomic mass is 16.2. The molecule has 7 nitrogen and oxygen atoms in total. The lowest BCUT2D eigenvalue weighted by Gasteiger charge is -2.45. The van der Waals surface area contributed by atoms with Crippen molar-refractivity contribution in [3.8, 4) is 0 Å². The van der Waals surface area contributed by atoms with Crippen LogP contribution in [0.4, 0.5) is 4.79 Å². The normalized spacial score (nSPS) is 30.4. The van der Waals surface area contributed by atoms with E-state index in [0.717, 1.165) is 37.5 Å². The number of imidazole rings is 1. The first-order chi connectivity index (χ1) is 14.8. The summed E-state index contributed by atoms with van der Waals surface area (Å²) in [6.45, 7) is 8.42. The molecule has 1 aliphatic carbocycles. The molecule has 2 saturated heterocycles. The zero-order chi connectivity index (χ0) is 22.5. The second kappa shape index (κ2) is 14.7. The molecule has 5 rings (SSSR count). The fourth-order valence-corrected chi connectivity index (χ4v) is 5.25. The maximum Gasteiger partial charge on any atom is 0.317 e. The van der Waals surface area contributed by atoms with Crippen LogP contribution in [0.3, 0.4) is 0 Å². The SMILES string of the molecule is C.C.C.CC1CCC2CCCCC2N1C.CC1CNC(=O)N1C.CC1Cc2nc[nH]c2CN1C. The third-order valence-corrected chi connectivity index (χ3v) is 8.03. The summed E-state index contributed by atoms with van der Waals surface area (Å²) in [4.78, 5) is 24.7. The third-order valence-electron chi connectivity index (χ3n) is 8.03. The number of aromatic amines is 1. The fraction of sp³-hybridized carbons (Fsp3) is 0.852. The molecule has 4 aliphatic rings. The van der Waals surface area contributed by atoms with Gasteiger partial charge in [-0.25, -0.2) is 9.78 Å². The van der Waals surface area contributed by atoms with Crippen LogP contribution < -0.4 is 5.32 Å². The van der Waals surface area contributed by atoms with Gasteiger partial charge in [0.2, 0.25) is 0 Å². The number of likely N-dealkylation sites (N-methyl/N-ethyl adjacent to an activating group) is 2. The Morgan fingerprint density at radius 3 is 2.18 bits per heavy atom. The number of amides is 2. The predicted molar refractivity (Wildman–Crippen MR) is 146 cm³/mol. The monoisotopic (exact) mass is 480 g/mol. The summed E-state index contributed by atoms with van der Waals surface area (Å²) in [5.41, 5.74) is 2.53. The lowest BCUT2D eigenvalue weighted by atomic mass is 9.77. The molecule has 0 spiro atoms. The van der Waals surface area contributed by atoms with Crippen LogP contribution in [0.2, 0.25) is 0 Å². The number of H-pyrrole nitrogens is 1. The maximum absolute atomic E-state index is 10.6. The molecule has 0 radical (unpaired) electrons. The second-order valence-electron chi connectivity index (χ2n) is 10.1. The topological polar surface area (TPSA) is 67.5 Å². The standard InChI is InChI=1S/C11H21N.C8H13N3.C5H10N2O.3CH4/c1-9-7-8-10-5-3-4-6-11(10)12(9)2;1-6-3-7-8(4-11(6)2)10-5-9-7;1-4-3-6-5(8)7(4)2;;;/h9-11H,3-8H2,1-2H3;5-6H,3-4H2,1-2H3,(H,9,10);4H,3H2,1-2H3,(H,6,8);3*1H4. The van der Waals surface area contributed by atoms with Crippen LogP contribution in [0.25, 0.3) is 0 Å². The summed E-state index contributed by atoms with van der Waals surface area (Å²) in [7, 11) is 6.27. The minimum absolute atomic E-state index is 0. The van der Waals surface area contributed by atoms with E-state index in [-0.39, 0.29) is 28.3 Å². The Labute approximate surface area is 211 Å². The van der Waals surface area contributed by atoms with E-state index in [9.17, 15) is 4.79 Å². The molecule has 5 atom stereocenters. The number of piperidine rings is 1. The molecule has 0 bridgehead atoms. The minimum Gasteiger partial charge on any atom is -0.347 e. The molecule has 200 valence electrons. The van der Waals surface area contributed by atoms with Gasteiger partial charge >= 0.3 is 6.03 Å². The van der Waals surface area contributed by atoms with Crippen LogP contribution in [-0.4, -0.2) is 82.6 Å². The van der Waals surface area contributed by atoms with Crippen molar-refractivity contribution in [2.24, 2.45) is 5.92 Å². The number of carbonyl (C=O) groups excluding carboxylic acids is 1. The molecular weight excluding hydrogens is 424 g/mol. The first kappa shape index (κ1) is 32.4. The van der Waals surface area contributed by atoms with E-state index in [4.69, 9.17) is 0 Å². The Kier molecular flexibility index (Phi) is 14.0. The smallest absolute Gasteiger partial charge is 0.317 e. The van der Waals surface area contributed by atoms with E-state index >= 15 is 0 Å². The molecule has 0 aromatic carbocycles. The molecule has 2 amide bonds.